The standard InChI is InChI=1S/C16H17FN2O3.C15H13FN2O4.C14H23BN2O4.C7H4BrFO2.3CH4/c1-10(20)11-5-6-14(17)13(7-11)12-8-18-19(9-12)15(21)22-16(2,3)4;1-2-22-15(21)14(20)6-13(19)9-3-4-12(16)11(5-9)10-7-17-18-8-10;1-12(2,3)19-11(18)17-9-10(8-16-17)15-20-13(4,5)14(6,7)21-15;8-5-3-4(7(10)11)1-2-6(5)9;;;/h5-9H,1-4H3;3-8,19H,2H2,1H3,(H,17,18);8-9H,1-7H3;1-3H,(H,10,11);3*1H4. The number of ketones is 2. The molecule has 0 bridgehead atoms. The molecule has 0 unspecified atom stereocenters. The van der Waals surface area contributed by atoms with Crippen LogP contribution in [0.1, 0.15) is 132 Å². The number of Topliss-reactive ketones (excluding diaryl/α,β-unsaturated/α-hetero) is 1. The van der Waals surface area contributed by atoms with E-state index in [0.717, 1.165) is 27.6 Å². The molecule has 0 radical (unpaired) electrons. The largest absolute Gasteiger partial charge is 0.507 e. The molecule has 0 aliphatic carbocycles. The van der Waals surface area contributed by atoms with Gasteiger partial charge < -0.3 is 33.7 Å². The number of aliphatic hydroxyl groups excluding tert-OH is 1. The number of aromatic amines is 1. The fraction of sp³-hybridized carbons (Fsp3) is 0.364. The third kappa shape index (κ3) is 19.9. The molecule has 1 saturated heterocycles. The maximum atomic E-state index is 13.9. The van der Waals surface area contributed by atoms with Gasteiger partial charge in [-0.1, -0.05) is 22.3 Å². The number of carbonyl (C=O) groups excluding carboxylic acids is 5. The highest BCUT2D eigenvalue weighted by molar-refractivity contribution is 9.10. The Morgan fingerprint density at radius 1 is 0.709 bits per heavy atom. The van der Waals surface area contributed by atoms with Gasteiger partial charge in [0.25, 0.3) is 5.78 Å². The molecular formula is C55H69BBrF3N6O13. The molecule has 0 atom stereocenters. The molecule has 6 aromatic rings. The molecule has 1 aliphatic heterocycles. The molecule has 3 aromatic carbocycles. The average Bonchev–Trinajstić information content (AvgIpc) is 4.15. The maximum Gasteiger partial charge on any atom is 0.498 e. The Hall–Kier alpha value is -7.70. The van der Waals surface area contributed by atoms with Gasteiger partial charge in [-0.05, 0) is 154 Å². The molecule has 79 heavy (non-hydrogen) atoms. The highest BCUT2D eigenvalue weighted by Gasteiger charge is 2.52. The normalized spacial score (nSPS) is 13.1. The van der Waals surface area contributed by atoms with Crippen molar-refractivity contribution >= 4 is 70.0 Å². The smallest absolute Gasteiger partial charge is 0.498 e. The summed E-state index contributed by atoms with van der Waals surface area (Å²) < 4.78 is 69.4. The number of nitrogens with zero attached hydrogens (tertiary/aromatic N) is 5. The van der Waals surface area contributed by atoms with E-state index in [4.69, 9.17) is 23.9 Å². The Kier molecular flexibility index (Phi) is 25.3. The first-order valence-corrected chi connectivity index (χ1v) is 23.8. The molecule has 1 fully saturated rings. The average molecular weight is 1170 g/mol. The zero-order valence-corrected chi connectivity index (χ0v) is 45.2. The lowest BCUT2D eigenvalue weighted by molar-refractivity contribution is -0.151. The Balaban J connectivity index is 0.000000532. The number of benzene rings is 3. The van der Waals surface area contributed by atoms with Crippen molar-refractivity contribution in [3.05, 3.63) is 136 Å². The van der Waals surface area contributed by atoms with E-state index in [0.29, 0.717) is 22.2 Å². The summed E-state index contributed by atoms with van der Waals surface area (Å²) in [7, 11) is -0.536. The topological polar surface area (TPSA) is 253 Å². The SMILES string of the molecule is C.C.C.CC(=O)c1ccc(F)c(-c2cnn(C(=O)OC(C)(C)C)c2)c1.CC(C)(C)OC(=O)n1cc(B2OC(C)(C)C(C)(C)O2)cn1.CCOC(=O)C(=O)C=C(O)c1ccc(F)c(-c2cn[nH]c2)c1.O=C(O)c1ccc(F)c(Br)c1. The van der Waals surface area contributed by atoms with Crippen LogP contribution in [0.2, 0.25) is 0 Å². The number of ether oxygens (including phenoxy) is 3. The molecular weight excluding hydrogens is 1100 g/mol. The van der Waals surface area contributed by atoms with Crippen molar-refractivity contribution in [1.82, 2.24) is 29.8 Å². The lowest BCUT2D eigenvalue weighted by Crippen LogP contribution is -2.41. The Labute approximate surface area is 466 Å². The molecule has 3 N–H and O–H groups in total. The molecule has 0 spiro atoms. The van der Waals surface area contributed by atoms with Crippen LogP contribution in [0.5, 0.6) is 0 Å². The Morgan fingerprint density at radius 2 is 1.19 bits per heavy atom. The Bertz CT molecular complexity index is 3090. The third-order valence-corrected chi connectivity index (χ3v) is 11.1. The summed E-state index contributed by atoms with van der Waals surface area (Å²) in [5.74, 6) is -5.20. The van der Waals surface area contributed by atoms with Crippen LogP contribution in [0.3, 0.4) is 0 Å². The number of rotatable bonds is 9. The predicted molar refractivity (Wildman–Crippen MR) is 296 cm³/mol. The van der Waals surface area contributed by atoms with Gasteiger partial charge in [-0.25, -0.2) is 32.3 Å². The molecule has 19 nitrogen and oxygen atoms in total. The molecule has 4 heterocycles. The van der Waals surface area contributed by atoms with Gasteiger partial charge >= 0.3 is 31.2 Å². The van der Waals surface area contributed by atoms with Crippen LogP contribution in [0.4, 0.5) is 22.8 Å². The van der Waals surface area contributed by atoms with Crippen molar-refractivity contribution in [3.8, 4) is 22.3 Å². The van der Waals surface area contributed by atoms with Crippen LogP contribution in [0, 0.1) is 17.5 Å². The number of carboxylic acid groups (broad SMARTS) is 1. The minimum Gasteiger partial charge on any atom is -0.507 e. The van der Waals surface area contributed by atoms with Gasteiger partial charge in [0.15, 0.2) is 5.78 Å². The summed E-state index contributed by atoms with van der Waals surface area (Å²) in [5.41, 5.74) is 0.579. The van der Waals surface area contributed by atoms with E-state index in [1.54, 1.807) is 40.1 Å². The number of halogens is 4. The van der Waals surface area contributed by atoms with Crippen molar-refractivity contribution in [2.24, 2.45) is 0 Å². The molecule has 3 aromatic heterocycles. The van der Waals surface area contributed by atoms with Crippen LogP contribution in [-0.2, 0) is 33.1 Å². The molecule has 1 aliphatic rings. The number of aromatic carboxylic acids is 1. The number of aliphatic hydroxyl groups is 1. The number of carboxylic acids is 1. The van der Waals surface area contributed by atoms with Gasteiger partial charge in [-0.15, -0.1) is 0 Å². The van der Waals surface area contributed by atoms with Crippen LogP contribution in [0.15, 0.2) is 102 Å². The number of nitrogens with one attached hydrogen (secondary N) is 1. The van der Waals surface area contributed by atoms with Gasteiger partial charge in [0.05, 0.1) is 40.2 Å². The second-order valence-electron chi connectivity index (χ2n) is 19.4. The van der Waals surface area contributed by atoms with Crippen LogP contribution < -0.4 is 5.46 Å². The maximum absolute atomic E-state index is 13.9. The lowest BCUT2D eigenvalue weighted by Gasteiger charge is -2.32. The van der Waals surface area contributed by atoms with E-state index in [1.807, 2.05) is 48.5 Å². The fourth-order valence-corrected chi connectivity index (χ4v) is 6.46. The summed E-state index contributed by atoms with van der Waals surface area (Å²) in [6.07, 6.45) is 8.35. The first-order valence-electron chi connectivity index (χ1n) is 23.0. The zero-order chi connectivity index (χ0) is 57.1. The number of carbonyl (C=O) groups is 6. The van der Waals surface area contributed by atoms with Gasteiger partial charge in [0, 0.05) is 69.7 Å². The van der Waals surface area contributed by atoms with Crippen LogP contribution in [0.25, 0.3) is 28.0 Å². The lowest BCUT2D eigenvalue weighted by atomic mass is 9.82. The van der Waals surface area contributed by atoms with Gasteiger partial charge in [0.1, 0.15) is 34.4 Å². The molecule has 24 heteroatoms. The van der Waals surface area contributed by atoms with Crippen LogP contribution in [-0.4, -0.2) is 112 Å². The number of hydrogen-bond donors (Lipinski definition) is 3. The third-order valence-electron chi connectivity index (χ3n) is 10.5. The fourth-order valence-electron chi connectivity index (χ4n) is 6.08. The van der Waals surface area contributed by atoms with Crippen molar-refractivity contribution in [3.63, 3.8) is 0 Å². The van der Waals surface area contributed by atoms with E-state index in [-0.39, 0.29) is 61.4 Å². The van der Waals surface area contributed by atoms with E-state index in [1.165, 1.54) is 74.2 Å². The number of hydrogen-bond acceptors (Lipinski definition) is 15. The van der Waals surface area contributed by atoms with E-state index in [9.17, 15) is 47.0 Å². The highest BCUT2D eigenvalue weighted by atomic mass is 79.9. The summed E-state index contributed by atoms with van der Waals surface area (Å²) in [6, 6.07) is 11.4. The first-order chi connectivity index (χ1) is 35.2. The summed E-state index contributed by atoms with van der Waals surface area (Å²) in [5, 5.41) is 32.5. The second-order valence-corrected chi connectivity index (χ2v) is 20.3. The Morgan fingerprint density at radius 3 is 1.67 bits per heavy atom. The molecule has 0 saturated carbocycles. The van der Waals surface area contributed by atoms with Gasteiger partial charge in [-0.2, -0.15) is 24.7 Å². The van der Waals surface area contributed by atoms with Crippen molar-refractivity contribution in [2.75, 3.05) is 6.61 Å². The van der Waals surface area contributed by atoms with Crippen molar-refractivity contribution in [2.45, 2.75) is 128 Å². The molecule has 428 valence electrons. The summed E-state index contributed by atoms with van der Waals surface area (Å²) in [4.78, 5) is 68.3. The quantitative estimate of drug-likeness (QED) is 0.0231. The first kappa shape index (κ1) is 69.3. The predicted octanol–water partition coefficient (Wildman–Crippen LogP) is 12.1. The zero-order valence-electron chi connectivity index (χ0n) is 43.7. The highest BCUT2D eigenvalue weighted by Crippen LogP contribution is 2.36. The molecule has 7 rings (SSSR count). The number of esters is 1. The van der Waals surface area contributed by atoms with Gasteiger partial charge in [-0.3, -0.25) is 14.7 Å². The van der Waals surface area contributed by atoms with Crippen molar-refractivity contribution < 1.29 is 75.7 Å². The molecule has 0 amide bonds. The number of aromatic nitrogens is 6. The van der Waals surface area contributed by atoms with Gasteiger partial charge in [0.2, 0.25) is 0 Å². The second kappa shape index (κ2) is 28.8. The summed E-state index contributed by atoms with van der Waals surface area (Å²) in [6.45, 7) is 21.6. The van der Waals surface area contributed by atoms with Crippen molar-refractivity contribution in [1.29, 1.82) is 0 Å². The minimum absolute atomic E-state index is 0. The van der Waals surface area contributed by atoms with E-state index in [2.05, 4.69) is 41.1 Å². The van der Waals surface area contributed by atoms with Crippen LogP contribution >= 0.6 is 15.9 Å². The minimum atomic E-state index is -1.06. The summed E-state index contributed by atoms with van der Waals surface area (Å²) >= 11 is 2.88. The van der Waals surface area contributed by atoms with E-state index >= 15 is 0 Å². The number of H-pyrrole nitrogens is 1. The monoisotopic (exact) mass is 1170 g/mol. The van der Waals surface area contributed by atoms with E-state index < -0.39 is 82.6 Å².